The lowest BCUT2D eigenvalue weighted by molar-refractivity contribution is 0.480. The number of anilines is 3. The van der Waals surface area contributed by atoms with Gasteiger partial charge >= 0.3 is 0 Å². The van der Waals surface area contributed by atoms with Crippen molar-refractivity contribution < 1.29 is 5.11 Å². The number of aromatic nitrogens is 2. The molecule has 4 aromatic carbocycles. The molecule has 0 saturated carbocycles. The zero-order chi connectivity index (χ0) is 29.2. The van der Waals surface area contributed by atoms with Crippen LogP contribution < -0.4 is 4.90 Å². The number of para-hydroxylation sites is 1. The Morgan fingerprint density at radius 3 is 2.21 bits per heavy atom. The first-order valence-electron chi connectivity index (χ1n) is 14.4. The second-order valence-corrected chi connectivity index (χ2v) is 11.9. The molecule has 4 heteroatoms. The van der Waals surface area contributed by atoms with Crippen molar-refractivity contribution in [3.8, 4) is 28.1 Å². The maximum absolute atomic E-state index is 11.0. The van der Waals surface area contributed by atoms with E-state index in [1.807, 2.05) is 24.4 Å². The summed E-state index contributed by atoms with van der Waals surface area (Å²) in [6, 6.07) is 33.5. The third-order valence-electron chi connectivity index (χ3n) is 8.69. The molecule has 0 atom stereocenters. The molecule has 3 heterocycles. The van der Waals surface area contributed by atoms with Crippen molar-refractivity contribution in [1.82, 2.24) is 9.97 Å². The zero-order valence-electron chi connectivity index (χ0n) is 24.6. The van der Waals surface area contributed by atoms with Crippen LogP contribution in [0.2, 0.25) is 0 Å². The van der Waals surface area contributed by atoms with Crippen LogP contribution in [-0.4, -0.2) is 15.1 Å². The van der Waals surface area contributed by atoms with Gasteiger partial charge in [0, 0.05) is 22.6 Å². The molecule has 0 aliphatic carbocycles. The first kappa shape index (κ1) is 26.0. The number of hydrogen-bond acceptors (Lipinski definition) is 4. The van der Waals surface area contributed by atoms with Crippen LogP contribution in [0.3, 0.4) is 0 Å². The number of rotatable bonds is 3. The highest BCUT2D eigenvalue weighted by Crippen LogP contribution is 2.52. The summed E-state index contributed by atoms with van der Waals surface area (Å²) in [5.41, 5.74) is 12.9. The second-order valence-electron chi connectivity index (χ2n) is 11.9. The summed E-state index contributed by atoms with van der Waals surface area (Å²) in [6.45, 7) is 11.0. The van der Waals surface area contributed by atoms with Gasteiger partial charge in [0.25, 0.3) is 0 Å². The molecule has 0 bridgehead atoms. The van der Waals surface area contributed by atoms with E-state index in [0.29, 0.717) is 5.52 Å². The lowest BCUT2D eigenvalue weighted by Crippen LogP contribution is -2.30. The quantitative estimate of drug-likeness (QED) is 0.240. The minimum atomic E-state index is -0.191. The van der Waals surface area contributed by atoms with Gasteiger partial charge < -0.3 is 5.11 Å². The molecule has 1 aliphatic heterocycles. The topological polar surface area (TPSA) is 49.3 Å². The van der Waals surface area contributed by atoms with E-state index in [1.54, 1.807) is 6.07 Å². The van der Waals surface area contributed by atoms with Gasteiger partial charge in [-0.2, -0.15) is 0 Å². The number of aryl methyl sites for hydroxylation is 3. The van der Waals surface area contributed by atoms with Crippen LogP contribution in [0.4, 0.5) is 17.2 Å². The van der Waals surface area contributed by atoms with Crippen molar-refractivity contribution >= 4 is 28.1 Å². The van der Waals surface area contributed by atoms with E-state index in [1.165, 1.54) is 33.4 Å². The van der Waals surface area contributed by atoms with E-state index in [0.717, 1.165) is 39.4 Å². The summed E-state index contributed by atoms with van der Waals surface area (Å²) in [6.07, 6.45) is 1.84. The van der Waals surface area contributed by atoms with E-state index in [-0.39, 0.29) is 11.2 Å². The maximum atomic E-state index is 11.0. The molecule has 1 aliphatic rings. The van der Waals surface area contributed by atoms with Crippen LogP contribution in [0, 0.1) is 20.8 Å². The summed E-state index contributed by atoms with van der Waals surface area (Å²) >= 11 is 0. The van der Waals surface area contributed by atoms with Gasteiger partial charge in [-0.05, 0) is 103 Å². The highest BCUT2D eigenvalue weighted by molar-refractivity contribution is 6.00. The van der Waals surface area contributed by atoms with Gasteiger partial charge in [0.1, 0.15) is 17.1 Å². The van der Waals surface area contributed by atoms with E-state index < -0.39 is 0 Å². The Hall–Kier alpha value is -4.96. The molecular formula is C38H33N3O. The van der Waals surface area contributed by atoms with Gasteiger partial charge in [-0.3, -0.25) is 4.90 Å². The lowest BCUT2D eigenvalue weighted by Gasteiger charge is -2.41. The van der Waals surface area contributed by atoms with Gasteiger partial charge in [0.2, 0.25) is 0 Å². The Bertz CT molecular complexity index is 1990. The number of phenolic OH excluding ortho intramolecular Hbond substituents is 1. The molecule has 4 nitrogen and oxygen atoms in total. The van der Waals surface area contributed by atoms with Gasteiger partial charge in [0.05, 0.1) is 17.1 Å². The zero-order valence-corrected chi connectivity index (χ0v) is 24.6. The number of pyridine rings is 2. The Morgan fingerprint density at radius 2 is 1.45 bits per heavy atom. The summed E-state index contributed by atoms with van der Waals surface area (Å²) in [4.78, 5) is 12.0. The smallest absolute Gasteiger partial charge is 0.141 e. The van der Waals surface area contributed by atoms with Crippen molar-refractivity contribution in [2.45, 2.75) is 40.0 Å². The highest BCUT2D eigenvalue weighted by atomic mass is 16.3. The maximum Gasteiger partial charge on any atom is 0.141 e. The van der Waals surface area contributed by atoms with Crippen molar-refractivity contribution in [3.05, 3.63) is 131 Å². The second kappa shape index (κ2) is 9.56. The number of benzene rings is 4. The average molecular weight is 548 g/mol. The summed E-state index contributed by atoms with van der Waals surface area (Å²) in [7, 11) is 0. The summed E-state index contributed by atoms with van der Waals surface area (Å²) < 4.78 is 0. The molecule has 0 saturated heterocycles. The van der Waals surface area contributed by atoms with Gasteiger partial charge in [-0.1, -0.05) is 67.9 Å². The first-order chi connectivity index (χ1) is 20.2. The fourth-order valence-corrected chi connectivity index (χ4v) is 6.80. The minimum Gasteiger partial charge on any atom is -0.506 e. The largest absolute Gasteiger partial charge is 0.506 e. The van der Waals surface area contributed by atoms with Crippen molar-refractivity contribution in [3.63, 3.8) is 0 Å². The van der Waals surface area contributed by atoms with Crippen molar-refractivity contribution in [2.75, 3.05) is 4.90 Å². The van der Waals surface area contributed by atoms with E-state index in [9.17, 15) is 5.11 Å². The van der Waals surface area contributed by atoms with E-state index in [4.69, 9.17) is 9.97 Å². The Labute approximate surface area is 247 Å². The molecule has 6 aromatic rings. The molecule has 0 unspecified atom stereocenters. The fourth-order valence-electron chi connectivity index (χ4n) is 6.80. The first-order valence-corrected chi connectivity index (χ1v) is 14.4. The van der Waals surface area contributed by atoms with Gasteiger partial charge in [-0.25, -0.2) is 9.97 Å². The van der Waals surface area contributed by atoms with Gasteiger partial charge in [-0.15, -0.1) is 0 Å². The minimum absolute atomic E-state index is 0.182. The standard InChI is InChI=1S/C38H33N3O/c1-23-20-24(2)36(25(3)21-23)27-15-18-34(42)37-28(27)14-17-31(40-37)26-13-16-30-33(22-26)41(35-12-8-9-19-39-35)32-11-7-6-10-29(32)38(30,4)5/h6-22,42H,1-5H3. The number of aromatic hydroxyl groups is 1. The number of nitrogens with zero attached hydrogens (tertiary/aromatic N) is 3. The summed E-state index contributed by atoms with van der Waals surface area (Å²) in [5.74, 6) is 1.05. The van der Waals surface area contributed by atoms with E-state index >= 15 is 0 Å². The Morgan fingerprint density at radius 1 is 0.714 bits per heavy atom. The SMILES string of the molecule is Cc1cc(C)c(-c2ccc(O)c3nc(-c4ccc5c(c4)N(c4ccccn4)c4ccccc4C5(C)C)ccc23)c(C)c1. The molecule has 1 N–H and O–H groups in total. The molecule has 2 aromatic heterocycles. The normalized spacial score (nSPS) is 13.6. The Balaban J connectivity index is 1.41. The molecule has 0 spiro atoms. The lowest BCUT2D eigenvalue weighted by atomic mass is 9.73. The third-order valence-corrected chi connectivity index (χ3v) is 8.69. The van der Waals surface area contributed by atoms with Crippen LogP contribution in [0.25, 0.3) is 33.3 Å². The van der Waals surface area contributed by atoms with Crippen molar-refractivity contribution in [1.29, 1.82) is 0 Å². The number of hydrogen-bond donors (Lipinski definition) is 1. The van der Waals surface area contributed by atoms with Crippen LogP contribution in [0.1, 0.15) is 41.7 Å². The highest BCUT2D eigenvalue weighted by Gasteiger charge is 2.37. The van der Waals surface area contributed by atoms with Gasteiger partial charge in [0.15, 0.2) is 0 Å². The molecular weight excluding hydrogens is 514 g/mol. The number of fused-ring (bicyclic) bond motifs is 3. The van der Waals surface area contributed by atoms with Crippen LogP contribution in [0.5, 0.6) is 5.75 Å². The third kappa shape index (κ3) is 3.98. The molecule has 0 amide bonds. The Kier molecular flexibility index (Phi) is 5.91. The molecule has 7 rings (SSSR count). The van der Waals surface area contributed by atoms with Crippen LogP contribution in [-0.2, 0) is 5.41 Å². The average Bonchev–Trinajstić information content (AvgIpc) is 2.98. The van der Waals surface area contributed by atoms with Crippen molar-refractivity contribution in [2.24, 2.45) is 0 Å². The monoisotopic (exact) mass is 547 g/mol. The fraction of sp³-hybridized carbons (Fsp3) is 0.158. The predicted octanol–water partition coefficient (Wildman–Crippen LogP) is 9.70. The van der Waals surface area contributed by atoms with Crippen LogP contribution in [0.15, 0.2) is 103 Å². The number of phenols is 1. The molecule has 0 fully saturated rings. The van der Waals surface area contributed by atoms with Crippen LogP contribution >= 0.6 is 0 Å². The molecule has 0 radical (unpaired) electrons. The molecule has 206 valence electrons. The predicted molar refractivity (Wildman–Crippen MR) is 173 cm³/mol. The molecule has 42 heavy (non-hydrogen) atoms. The summed E-state index contributed by atoms with van der Waals surface area (Å²) in [5, 5.41) is 11.9. The van der Waals surface area contributed by atoms with E-state index in [2.05, 4.69) is 112 Å².